The van der Waals surface area contributed by atoms with Gasteiger partial charge in [-0.2, -0.15) is 5.26 Å². The topological polar surface area (TPSA) is 23.8 Å². The van der Waals surface area contributed by atoms with Crippen molar-refractivity contribution in [3.05, 3.63) is 29.8 Å². The summed E-state index contributed by atoms with van der Waals surface area (Å²) in [4.78, 5) is 1.25. The molecule has 0 aliphatic rings. The van der Waals surface area contributed by atoms with Gasteiger partial charge in [-0.15, -0.1) is 11.8 Å². The van der Waals surface area contributed by atoms with Crippen LogP contribution in [0.3, 0.4) is 0 Å². The first-order valence-corrected chi connectivity index (χ1v) is 6.55. The second kappa shape index (κ2) is 5.41. The predicted molar refractivity (Wildman–Crippen MR) is 70.6 cm³/mol. The van der Waals surface area contributed by atoms with Crippen LogP contribution in [0.5, 0.6) is 0 Å². The van der Waals surface area contributed by atoms with Crippen LogP contribution in [-0.2, 0) is 5.41 Å². The quantitative estimate of drug-likeness (QED) is 0.729. The Hall–Kier alpha value is -0.940. The van der Waals surface area contributed by atoms with Gasteiger partial charge in [-0.1, -0.05) is 32.9 Å². The highest BCUT2D eigenvalue weighted by atomic mass is 32.2. The average molecular weight is 233 g/mol. The van der Waals surface area contributed by atoms with E-state index in [1.807, 2.05) is 6.92 Å². The van der Waals surface area contributed by atoms with Crippen molar-refractivity contribution in [3.8, 4) is 6.07 Å². The summed E-state index contributed by atoms with van der Waals surface area (Å²) in [5.41, 5.74) is 1.56. The van der Waals surface area contributed by atoms with Gasteiger partial charge in [-0.3, -0.25) is 0 Å². The fraction of sp³-hybridized carbons (Fsp3) is 0.500. The van der Waals surface area contributed by atoms with Crippen molar-refractivity contribution >= 4 is 11.8 Å². The van der Waals surface area contributed by atoms with Gasteiger partial charge in [0.05, 0.1) is 12.0 Å². The molecule has 0 aliphatic carbocycles. The van der Waals surface area contributed by atoms with Gasteiger partial charge in [-0.05, 0) is 30.0 Å². The maximum absolute atomic E-state index is 8.70. The van der Waals surface area contributed by atoms with E-state index < -0.39 is 0 Å². The first kappa shape index (κ1) is 13.1. The third-order valence-corrected chi connectivity index (χ3v) is 3.71. The molecule has 0 spiro atoms. The maximum Gasteiger partial charge on any atom is 0.0661 e. The van der Waals surface area contributed by atoms with E-state index in [4.69, 9.17) is 5.26 Å². The lowest BCUT2D eigenvalue weighted by molar-refractivity contribution is 0.590. The van der Waals surface area contributed by atoms with Crippen LogP contribution >= 0.6 is 11.8 Å². The highest BCUT2D eigenvalue weighted by Crippen LogP contribution is 2.26. The van der Waals surface area contributed by atoms with E-state index in [0.29, 0.717) is 0 Å². The number of hydrogen-bond donors (Lipinski definition) is 0. The molecular weight excluding hydrogens is 214 g/mol. The Balaban J connectivity index is 2.63. The lowest BCUT2D eigenvalue weighted by Crippen LogP contribution is -2.10. The first-order chi connectivity index (χ1) is 7.43. The van der Waals surface area contributed by atoms with Gasteiger partial charge >= 0.3 is 0 Å². The summed E-state index contributed by atoms with van der Waals surface area (Å²) in [5.74, 6) is 0.984. The SMILES string of the molecule is CC(C#N)CSc1ccc(C(C)(C)C)cc1. The van der Waals surface area contributed by atoms with Gasteiger partial charge in [-0.25, -0.2) is 0 Å². The molecule has 2 heteroatoms. The maximum atomic E-state index is 8.70. The summed E-state index contributed by atoms with van der Waals surface area (Å²) < 4.78 is 0. The van der Waals surface area contributed by atoms with Crippen molar-refractivity contribution in [2.24, 2.45) is 5.92 Å². The Kier molecular flexibility index (Phi) is 4.44. The number of nitriles is 1. The molecule has 1 atom stereocenters. The summed E-state index contributed by atoms with van der Waals surface area (Å²) in [6.07, 6.45) is 0. The zero-order valence-corrected chi connectivity index (χ0v) is 11.3. The average Bonchev–Trinajstić information content (AvgIpc) is 2.25. The van der Waals surface area contributed by atoms with Crippen LogP contribution in [0.15, 0.2) is 29.2 Å². The molecular formula is C14H19NS. The van der Waals surface area contributed by atoms with Crippen molar-refractivity contribution in [2.45, 2.75) is 38.0 Å². The largest absolute Gasteiger partial charge is 0.198 e. The highest BCUT2D eigenvalue weighted by Gasteiger charge is 2.12. The monoisotopic (exact) mass is 233 g/mol. The molecule has 0 heterocycles. The lowest BCUT2D eigenvalue weighted by atomic mass is 9.87. The Bertz CT molecular complexity index is 367. The third kappa shape index (κ3) is 3.90. The Morgan fingerprint density at radius 3 is 2.25 bits per heavy atom. The number of benzene rings is 1. The number of thioether (sulfide) groups is 1. The van der Waals surface area contributed by atoms with Gasteiger partial charge in [0.15, 0.2) is 0 Å². The molecule has 0 amide bonds. The Morgan fingerprint density at radius 1 is 1.25 bits per heavy atom. The molecule has 0 aliphatic heterocycles. The van der Waals surface area contributed by atoms with Crippen molar-refractivity contribution in [1.29, 1.82) is 5.26 Å². The molecule has 0 aromatic heterocycles. The Labute approximate surface area is 103 Å². The summed E-state index contributed by atoms with van der Waals surface area (Å²) in [6.45, 7) is 8.60. The minimum atomic E-state index is 0.118. The summed E-state index contributed by atoms with van der Waals surface area (Å²) in [6, 6.07) is 10.9. The molecule has 1 aromatic carbocycles. The molecule has 0 bridgehead atoms. The van der Waals surface area contributed by atoms with Crippen LogP contribution in [-0.4, -0.2) is 5.75 Å². The molecule has 0 N–H and O–H groups in total. The van der Waals surface area contributed by atoms with Gasteiger partial charge in [0.1, 0.15) is 0 Å². The molecule has 0 fully saturated rings. The normalized spacial score (nSPS) is 13.2. The van der Waals surface area contributed by atoms with E-state index in [1.165, 1.54) is 10.5 Å². The van der Waals surface area contributed by atoms with Crippen molar-refractivity contribution in [3.63, 3.8) is 0 Å². The van der Waals surface area contributed by atoms with E-state index in [9.17, 15) is 0 Å². The standard InChI is InChI=1S/C14H19NS/c1-11(9-15)10-16-13-7-5-12(6-8-13)14(2,3)4/h5-8,11H,10H2,1-4H3. The Morgan fingerprint density at radius 2 is 1.81 bits per heavy atom. The fourth-order valence-corrected chi connectivity index (χ4v) is 2.16. The minimum absolute atomic E-state index is 0.118. The zero-order valence-electron chi connectivity index (χ0n) is 10.4. The molecule has 1 rings (SSSR count). The van der Waals surface area contributed by atoms with E-state index in [0.717, 1.165) is 5.75 Å². The van der Waals surface area contributed by atoms with E-state index in [-0.39, 0.29) is 11.3 Å². The summed E-state index contributed by atoms with van der Waals surface area (Å²) >= 11 is 1.75. The van der Waals surface area contributed by atoms with E-state index in [2.05, 4.69) is 51.1 Å². The minimum Gasteiger partial charge on any atom is -0.198 e. The molecule has 1 nitrogen and oxygen atoms in total. The third-order valence-electron chi connectivity index (χ3n) is 2.44. The summed E-state index contributed by atoms with van der Waals surface area (Å²) in [5, 5.41) is 8.70. The lowest BCUT2D eigenvalue weighted by Gasteiger charge is -2.19. The molecule has 0 radical (unpaired) electrons. The van der Waals surface area contributed by atoms with Crippen molar-refractivity contribution < 1.29 is 0 Å². The smallest absolute Gasteiger partial charge is 0.0661 e. The summed E-state index contributed by atoms with van der Waals surface area (Å²) in [7, 11) is 0. The second-order valence-corrected chi connectivity index (χ2v) is 6.21. The molecule has 16 heavy (non-hydrogen) atoms. The van der Waals surface area contributed by atoms with Crippen molar-refractivity contribution in [1.82, 2.24) is 0 Å². The van der Waals surface area contributed by atoms with Crippen LogP contribution in [0.1, 0.15) is 33.3 Å². The molecule has 1 unspecified atom stereocenters. The molecule has 0 saturated carbocycles. The second-order valence-electron chi connectivity index (χ2n) is 5.12. The first-order valence-electron chi connectivity index (χ1n) is 5.56. The van der Waals surface area contributed by atoms with Crippen LogP contribution in [0, 0.1) is 17.2 Å². The zero-order chi connectivity index (χ0) is 12.2. The van der Waals surface area contributed by atoms with Crippen LogP contribution in [0.2, 0.25) is 0 Å². The van der Waals surface area contributed by atoms with Crippen LogP contribution in [0.25, 0.3) is 0 Å². The fourth-order valence-electron chi connectivity index (χ4n) is 1.31. The number of hydrogen-bond acceptors (Lipinski definition) is 2. The van der Waals surface area contributed by atoms with Gasteiger partial charge in [0, 0.05) is 10.6 Å². The van der Waals surface area contributed by atoms with Crippen LogP contribution < -0.4 is 0 Å². The molecule has 86 valence electrons. The number of rotatable bonds is 3. The predicted octanol–water partition coefficient (Wildman–Crippen LogP) is 4.24. The van der Waals surface area contributed by atoms with Gasteiger partial charge in [0.2, 0.25) is 0 Å². The van der Waals surface area contributed by atoms with E-state index >= 15 is 0 Å². The van der Waals surface area contributed by atoms with Crippen molar-refractivity contribution in [2.75, 3.05) is 5.75 Å². The number of nitrogens with zero attached hydrogens (tertiary/aromatic N) is 1. The molecule has 0 saturated heterocycles. The molecule has 1 aromatic rings. The van der Waals surface area contributed by atoms with Crippen LogP contribution in [0.4, 0.5) is 0 Å². The van der Waals surface area contributed by atoms with Gasteiger partial charge < -0.3 is 0 Å². The van der Waals surface area contributed by atoms with Gasteiger partial charge in [0.25, 0.3) is 0 Å². The highest BCUT2D eigenvalue weighted by molar-refractivity contribution is 7.99. The van der Waals surface area contributed by atoms with E-state index in [1.54, 1.807) is 11.8 Å².